The number of hydrogen-bond acceptors (Lipinski definition) is 2. The Kier molecular flexibility index (Phi) is 2.14. The van der Waals surface area contributed by atoms with E-state index in [-0.39, 0.29) is 0 Å². The van der Waals surface area contributed by atoms with Crippen LogP contribution in [0.1, 0.15) is 30.0 Å². The summed E-state index contributed by atoms with van der Waals surface area (Å²) in [7, 11) is 0. The van der Waals surface area contributed by atoms with E-state index in [4.69, 9.17) is 5.73 Å². The Labute approximate surface area is 94.3 Å². The van der Waals surface area contributed by atoms with E-state index in [9.17, 15) is 5.11 Å². The van der Waals surface area contributed by atoms with Gasteiger partial charge in [-0.15, -0.1) is 0 Å². The van der Waals surface area contributed by atoms with E-state index in [0.29, 0.717) is 18.2 Å². The highest BCUT2D eigenvalue weighted by Gasteiger charge is 2.28. The van der Waals surface area contributed by atoms with Crippen molar-refractivity contribution in [2.75, 3.05) is 6.54 Å². The summed E-state index contributed by atoms with van der Waals surface area (Å²) in [5.74, 6) is 1.02. The lowest BCUT2D eigenvalue weighted by Crippen LogP contribution is -2.04. The number of nitrogens with one attached hydrogen (secondary N) is 1. The van der Waals surface area contributed by atoms with Crippen LogP contribution in [0.15, 0.2) is 18.2 Å². The fraction of sp³-hybridized carbons (Fsp3) is 0.385. The minimum Gasteiger partial charge on any atom is -0.508 e. The molecular formula is C13H16N2O. The van der Waals surface area contributed by atoms with Gasteiger partial charge in [-0.25, -0.2) is 0 Å². The van der Waals surface area contributed by atoms with Crippen molar-refractivity contribution >= 4 is 10.9 Å². The molecule has 0 spiro atoms. The van der Waals surface area contributed by atoms with E-state index < -0.39 is 0 Å². The maximum Gasteiger partial charge on any atom is 0.116 e. The summed E-state index contributed by atoms with van der Waals surface area (Å²) in [4.78, 5) is 3.47. The number of nitrogens with two attached hydrogens (primary N) is 1. The molecule has 4 N–H and O–H groups in total. The summed E-state index contributed by atoms with van der Waals surface area (Å²) in [6, 6.07) is 5.50. The molecule has 1 heterocycles. The number of hydrogen-bond donors (Lipinski definition) is 3. The number of phenols is 1. The first-order chi connectivity index (χ1) is 7.79. The monoisotopic (exact) mass is 216 g/mol. The normalized spacial score (nSPS) is 15.8. The van der Waals surface area contributed by atoms with Crippen molar-refractivity contribution in [1.82, 2.24) is 4.98 Å². The fourth-order valence-electron chi connectivity index (χ4n) is 2.39. The molecule has 1 fully saturated rings. The van der Waals surface area contributed by atoms with Crippen LogP contribution in [0.3, 0.4) is 0 Å². The molecule has 3 nitrogen and oxygen atoms in total. The predicted octanol–water partition coefficient (Wildman–Crippen LogP) is 2.25. The molecule has 1 aliphatic carbocycles. The highest BCUT2D eigenvalue weighted by Crippen LogP contribution is 2.43. The third-order valence-electron chi connectivity index (χ3n) is 3.30. The Hall–Kier alpha value is -1.48. The molecule has 0 unspecified atom stereocenters. The molecule has 3 rings (SSSR count). The molecule has 0 saturated heterocycles. The number of aromatic hydroxyl groups is 1. The average molecular weight is 216 g/mol. The molecule has 0 bridgehead atoms. The fourth-order valence-corrected chi connectivity index (χ4v) is 2.39. The molecule has 3 heteroatoms. The van der Waals surface area contributed by atoms with Gasteiger partial charge in [-0.3, -0.25) is 0 Å². The molecule has 1 aromatic heterocycles. The first-order valence-corrected chi connectivity index (χ1v) is 5.83. The highest BCUT2D eigenvalue weighted by molar-refractivity contribution is 5.86. The zero-order valence-electron chi connectivity index (χ0n) is 9.16. The van der Waals surface area contributed by atoms with Crippen LogP contribution < -0.4 is 5.73 Å². The van der Waals surface area contributed by atoms with Gasteiger partial charge >= 0.3 is 0 Å². The van der Waals surface area contributed by atoms with Crippen molar-refractivity contribution in [3.8, 4) is 5.75 Å². The molecule has 16 heavy (non-hydrogen) atoms. The molecule has 0 atom stereocenters. The van der Waals surface area contributed by atoms with Gasteiger partial charge in [0.2, 0.25) is 0 Å². The maximum absolute atomic E-state index is 9.54. The van der Waals surface area contributed by atoms with Crippen LogP contribution in [0.5, 0.6) is 5.75 Å². The molecule has 84 valence electrons. The first-order valence-electron chi connectivity index (χ1n) is 5.83. The topological polar surface area (TPSA) is 62.0 Å². The maximum atomic E-state index is 9.54. The van der Waals surface area contributed by atoms with Gasteiger partial charge < -0.3 is 15.8 Å². The largest absolute Gasteiger partial charge is 0.508 e. The SMILES string of the molecule is NCCc1c(C2CC2)[nH]c2ccc(O)cc12. The summed E-state index contributed by atoms with van der Waals surface area (Å²) < 4.78 is 0. The molecule has 1 saturated carbocycles. The Bertz CT molecular complexity index is 526. The third kappa shape index (κ3) is 1.48. The zero-order chi connectivity index (χ0) is 11.1. The Morgan fingerprint density at radius 3 is 2.88 bits per heavy atom. The quantitative estimate of drug-likeness (QED) is 0.737. The van der Waals surface area contributed by atoms with E-state index in [0.717, 1.165) is 17.3 Å². The average Bonchev–Trinajstić information content (AvgIpc) is 3.05. The Morgan fingerprint density at radius 2 is 2.19 bits per heavy atom. The van der Waals surface area contributed by atoms with Gasteiger partial charge in [-0.2, -0.15) is 0 Å². The molecule has 2 aromatic rings. The van der Waals surface area contributed by atoms with E-state index in [1.807, 2.05) is 12.1 Å². The number of rotatable bonds is 3. The Morgan fingerprint density at radius 1 is 1.38 bits per heavy atom. The van der Waals surface area contributed by atoms with Crippen LogP contribution in [0, 0.1) is 0 Å². The molecular weight excluding hydrogens is 200 g/mol. The van der Waals surface area contributed by atoms with Crippen molar-refractivity contribution in [1.29, 1.82) is 0 Å². The van der Waals surface area contributed by atoms with Gasteiger partial charge in [0, 0.05) is 16.6 Å². The minimum atomic E-state index is 0.326. The van der Waals surface area contributed by atoms with Crippen molar-refractivity contribution in [3.05, 3.63) is 29.5 Å². The lowest BCUT2D eigenvalue weighted by Gasteiger charge is -2.01. The molecule has 1 aromatic carbocycles. The summed E-state index contributed by atoms with van der Waals surface area (Å²) in [6.07, 6.45) is 3.43. The van der Waals surface area contributed by atoms with Crippen LogP contribution in [0.2, 0.25) is 0 Å². The van der Waals surface area contributed by atoms with Crippen LogP contribution in [-0.4, -0.2) is 16.6 Å². The standard InChI is InChI=1S/C13H16N2O/c14-6-5-10-11-7-9(16)3-4-12(11)15-13(10)8-1-2-8/h3-4,7-8,15-16H,1-2,5-6,14H2. The number of benzene rings is 1. The number of aromatic amines is 1. The van der Waals surface area contributed by atoms with Crippen LogP contribution in [-0.2, 0) is 6.42 Å². The number of fused-ring (bicyclic) bond motifs is 1. The summed E-state index contributed by atoms with van der Waals surface area (Å²) in [6.45, 7) is 0.655. The predicted molar refractivity (Wildman–Crippen MR) is 64.7 cm³/mol. The van der Waals surface area contributed by atoms with E-state index in [1.54, 1.807) is 6.07 Å². The van der Waals surface area contributed by atoms with Crippen LogP contribution >= 0.6 is 0 Å². The van der Waals surface area contributed by atoms with Gasteiger partial charge in [0.25, 0.3) is 0 Å². The van der Waals surface area contributed by atoms with Gasteiger partial charge in [0.15, 0.2) is 0 Å². The first kappa shape index (κ1) is 9.73. The second-order valence-corrected chi connectivity index (χ2v) is 4.56. The minimum absolute atomic E-state index is 0.326. The molecule has 0 aliphatic heterocycles. The van der Waals surface area contributed by atoms with Gasteiger partial charge in [-0.1, -0.05) is 0 Å². The number of aromatic nitrogens is 1. The van der Waals surface area contributed by atoms with E-state index >= 15 is 0 Å². The Balaban J connectivity index is 2.20. The number of phenolic OH excluding ortho intramolecular Hbond substituents is 1. The summed E-state index contributed by atoms with van der Waals surface area (Å²) in [5.41, 5.74) is 9.42. The summed E-state index contributed by atoms with van der Waals surface area (Å²) >= 11 is 0. The van der Waals surface area contributed by atoms with Crippen molar-refractivity contribution in [2.45, 2.75) is 25.2 Å². The van der Waals surface area contributed by atoms with Crippen molar-refractivity contribution < 1.29 is 5.11 Å². The second-order valence-electron chi connectivity index (χ2n) is 4.56. The smallest absolute Gasteiger partial charge is 0.116 e. The van der Waals surface area contributed by atoms with Gasteiger partial charge in [0.1, 0.15) is 5.75 Å². The van der Waals surface area contributed by atoms with Crippen LogP contribution in [0.25, 0.3) is 10.9 Å². The van der Waals surface area contributed by atoms with Crippen molar-refractivity contribution in [2.24, 2.45) is 5.73 Å². The second kappa shape index (κ2) is 3.52. The van der Waals surface area contributed by atoms with E-state index in [1.165, 1.54) is 24.1 Å². The lowest BCUT2D eigenvalue weighted by atomic mass is 10.1. The van der Waals surface area contributed by atoms with Crippen molar-refractivity contribution in [3.63, 3.8) is 0 Å². The van der Waals surface area contributed by atoms with Gasteiger partial charge in [-0.05, 0) is 55.5 Å². The van der Waals surface area contributed by atoms with E-state index in [2.05, 4.69) is 4.98 Å². The van der Waals surface area contributed by atoms with Gasteiger partial charge in [0.05, 0.1) is 0 Å². The highest BCUT2D eigenvalue weighted by atomic mass is 16.3. The molecule has 0 amide bonds. The molecule has 1 aliphatic rings. The number of H-pyrrole nitrogens is 1. The molecule has 0 radical (unpaired) electrons. The zero-order valence-corrected chi connectivity index (χ0v) is 9.16. The summed E-state index contributed by atoms with van der Waals surface area (Å²) in [5, 5.41) is 10.7. The lowest BCUT2D eigenvalue weighted by molar-refractivity contribution is 0.476. The van der Waals surface area contributed by atoms with Crippen LogP contribution in [0.4, 0.5) is 0 Å². The third-order valence-corrected chi connectivity index (χ3v) is 3.30.